The molecule has 0 aromatic heterocycles. The number of carboxylic acids is 1. The molecule has 1 aromatic rings. The van der Waals surface area contributed by atoms with Crippen molar-refractivity contribution in [2.45, 2.75) is 38.5 Å². The molecule has 0 fully saturated rings. The first kappa shape index (κ1) is 17.7. The molecule has 0 bridgehead atoms. The van der Waals surface area contributed by atoms with E-state index in [1.807, 2.05) is 0 Å². The first-order valence-corrected chi connectivity index (χ1v) is 7.23. The zero-order chi connectivity index (χ0) is 16.4. The lowest BCUT2D eigenvalue weighted by atomic mass is 10.1. The fourth-order valence-corrected chi connectivity index (χ4v) is 1.95. The maximum absolute atomic E-state index is 11.7. The smallest absolute Gasteiger partial charge is 0.337 e. The molecule has 0 unspecified atom stereocenters. The van der Waals surface area contributed by atoms with Gasteiger partial charge < -0.3 is 15.2 Å². The number of benzene rings is 1. The summed E-state index contributed by atoms with van der Waals surface area (Å²) in [5.41, 5.74) is 1.06. The number of nitrogens with one attached hydrogen (secondary N) is 1. The van der Waals surface area contributed by atoms with E-state index >= 15 is 0 Å². The fourth-order valence-electron chi connectivity index (χ4n) is 1.95. The number of rotatable bonds is 9. The van der Waals surface area contributed by atoms with Gasteiger partial charge >= 0.3 is 11.9 Å². The number of anilines is 1. The number of carboxylic acid groups (broad SMARTS) is 1. The summed E-state index contributed by atoms with van der Waals surface area (Å²) in [6.45, 7) is 0. The third kappa shape index (κ3) is 6.88. The lowest BCUT2D eigenvalue weighted by Gasteiger charge is -2.06. The van der Waals surface area contributed by atoms with Crippen LogP contribution >= 0.6 is 0 Å². The molecule has 120 valence electrons. The Hall–Kier alpha value is -2.37. The average Bonchev–Trinajstić information content (AvgIpc) is 2.50. The van der Waals surface area contributed by atoms with Crippen LogP contribution in [-0.4, -0.2) is 30.1 Å². The SMILES string of the molecule is COC(=O)c1ccc(NC(=O)CCCCCCC(=O)O)cc1. The van der Waals surface area contributed by atoms with E-state index in [1.54, 1.807) is 24.3 Å². The van der Waals surface area contributed by atoms with Crippen LogP contribution in [0.4, 0.5) is 5.69 Å². The van der Waals surface area contributed by atoms with E-state index in [-0.39, 0.29) is 12.3 Å². The minimum absolute atomic E-state index is 0.0935. The number of amides is 1. The van der Waals surface area contributed by atoms with Crippen molar-refractivity contribution in [2.24, 2.45) is 0 Å². The van der Waals surface area contributed by atoms with Crippen molar-refractivity contribution in [1.29, 1.82) is 0 Å². The average molecular weight is 307 g/mol. The topological polar surface area (TPSA) is 92.7 Å². The molecule has 1 amide bonds. The number of hydrogen-bond donors (Lipinski definition) is 2. The number of carbonyl (C=O) groups excluding carboxylic acids is 2. The zero-order valence-corrected chi connectivity index (χ0v) is 12.6. The summed E-state index contributed by atoms with van der Waals surface area (Å²) in [6, 6.07) is 6.48. The maximum atomic E-state index is 11.7. The molecule has 2 N–H and O–H groups in total. The molecule has 0 atom stereocenters. The molecule has 0 heterocycles. The highest BCUT2D eigenvalue weighted by molar-refractivity contribution is 5.92. The lowest BCUT2D eigenvalue weighted by molar-refractivity contribution is -0.137. The Morgan fingerprint density at radius 1 is 1.00 bits per heavy atom. The van der Waals surface area contributed by atoms with Crippen LogP contribution in [0.2, 0.25) is 0 Å². The first-order chi connectivity index (χ1) is 10.5. The highest BCUT2D eigenvalue weighted by Gasteiger charge is 2.06. The monoisotopic (exact) mass is 307 g/mol. The molecule has 0 aliphatic carbocycles. The zero-order valence-electron chi connectivity index (χ0n) is 12.6. The highest BCUT2D eigenvalue weighted by atomic mass is 16.5. The fraction of sp³-hybridized carbons (Fsp3) is 0.438. The summed E-state index contributed by atoms with van der Waals surface area (Å²) in [7, 11) is 1.31. The highest BCUT2D eigenvalue weighted by Crippen LogP contribution is 2.12. The van der Waals surface area contributed by atoms with Gasteiger partial charge in [-0.2, -0.15) is 0 Å². The Labute approximate surface area is 129 Å². The van der Waals surface area contributed by atoms with Crippen LogP contribution in [-0.2, 0) is 14.3 Å². The van der Waals surface area contributed by atoms with E-state index in [0.717, 1.165) is 19.3 Å². The van der Waals surface area contributed by atoms with Crippen LogP contribution in [0.25, 0.3) is 0 Å². The summed E-state index contributed by atoms with van der Waals surface area (Å²) in [5, 5.41) is 11.2. The van der Waals surface area contributed by atoms with Crippen molar-refractivity contribution >= 4 is 23.5 Å². The lowest BCUT2D eigenvalue weighted by Crippen LogP contribution is -2.11. The van der Waals surface area contributed by atoms with E-state index in [1.165, 1.54) is 7.11 Å². The van der Waals surface area contributed by atoms with Gasteiger partial charge in [-0.1, -0.05) is 12.8 Å². The molecule has 6 heteroatoms. The molecule has 0 aliphatic rings. The number of esters is 1. The molecule has 0 radical (unpaired) electrons. The Morgan fingerprint density at radius 3 is 2.14 bits per heavy atom. The molecule has 22 heavy (non-hydrogen) atoms. The Balaban J connectivity index is 2.24. The van der Waals surface area contributed by atoms with E-state index in [2.05, 4.69) is 10.1 Å². The molecule has 0 saturated heterocycles. The first-order valence-electron chi connectivity index (χ1n) is 7.23. The number of hydrogen-bond acceptors (Lipinski definition) is 4. The minimum Gasteiger partial charge on any atom is -0.481 e. The Kier molecular flexibility index (Phi) is 7.67. The Bertz CT molecular complexity index is 510. The number of carbonyl (C=O) groups is 3. The van der Waals surface area contributed by atoms with Gasteiger partial charge in [0.2, 0.25) is 5.91 Å². The number of unbranched alkanes of at least 4 members (excludes halogenated alkanes) is 3. The van der Waals surface area contributed by atoms with Gasteiger partial charge in [0.05, 0.1) is 12.7 Å². The molecule has 1 aromatic carbocycles. The largest absolute Gasteiger partial charge is 0.481 e. The summed E-state index contributed by atoms with van der Waals surface area (Å²) in [4.78, 5) is 33.3. The van der Waals surface area contributed by atoms with E-state index in [9.17, 15) is 14.4 Å². The van der Waals surface area contributed by atoms with Crippen LogP contribution in [0.5, 0.6) is 0 Å². The summed E-state index contributed by atoms with van der Waals surface area (Å²) in [5.74, 6) is -1.29. The van der Waals surface area contributed by atoms with Gasteiger partial charge in [-0.15, -0.1) is 0 Å². The summed E-state index contributed by atoms with van der Waals surface area (Å²) >= 11 is 0. The van der Waals surface area contributed by atoms with Crippen LogP contribution in [0.1, 0.15) is 48.9 Å². The second-order valence-electron chi connectivity index (χ2n) is 4.93. The van der Waals surface area contributed by atoms with Gasteiger partial charge in [0, 0.05) is 18.5 Å². The van der Waals surface area contributed by atoms with Crippen molar-refractivity contribution in [3.63, 3.8) is 0 Å². The normalized spacial score (nSPS) is 10.0. The minimum atomic E-state index is -0.784. The van der Waals surface area contributed by atoms with Gasteiger partial charge in [0.25, 0.3) is 0 Å². The van der Waals surface area contributed by atoms with Gasteiger partial charge in [-0.25, -0.2) is 4.79 Å². The van der Waals surface area contributed by atoms with Crippen molar-refractivity contribution < 1.29 is 24.2 Å². The van der Waals surface area contributed by atoms with Crippen molar-refractivity contribution in [3.05, 3.63) is 29.8 Å². The van der Waals surface area contributed by atoms with Crippen LogP contribution in [0.15, 0.2) is 24.3 Å². The molecular formula is C16H21NO5. The van der Waals surface area contributed by atoms with Gasteiger partial charge in [-0.3, -0.25) is 9.59 Å². The second kappa shape index (κ2) is 9.55. The predicted molar refractivity (Wildman–Crippen MR) is 81.7 cm³/mol. The van der Waals surface area contributed by atoms with Crippen molar-refractivity contribution in [3.8, 4) is 0 Å². The molecule has 0 saturated carbocycles. The molecule has 0 spiro atoms. The van der Waals surface area contributed by atoms with Crippen LogP contribution in [0, 0.1) is 0 Å². The molecule has 6 nitrogen and oxygen atoms in total. The van der Waals surface area contributed by atoms with Gasteiger partial charge in [0.1, 0.15) is 0 Å². The number of methoxy groups -OCH3 is 1. The van der Waals surface area contributed by atoms with E-state index in [4.69, 9.17) is 5.11 Å². The third-order valence-electron chi connectivity index (χ3n) is 3.13. The third-order valence-corrected chi connectivity index (χ3v) is 3.13. The van der Waals surface area contributed by atoms with Gasteiger partial charge in [-0.05, 0) is 37.1 Å². The maximum Gasteiger partial charge on any atom is 0.337 e. The summed E-state index contributed by atoms with van der Waals surface area (Å²) < 4.78 is 4.59. The van der Waals surface area contributed by atoms with Crippen LogP contribution < -0.4 is 5.32 Å². The predicted octanol–water partition coefficient (Wildman–Crippen LogP) is 2.84. The number of ether oxygens (including phenoxy) is 1. The van der Waals surface area contributed by atoms with Crippen molar-refractivity contribution in [2.75, 3.05) is 12.4 Å². The van der Waals surface area contributed by atoms with Gasteiger partial charge in [0.15, 0.2) is 0 Å². The molecular weight excluding hydrogens is 286 g/mol. The number of aliphatic carboxylic acids is 1. The Morgan fingerprint density at radius 2 is 1.59 bits per heavy atom. The van der Waals surface area contributed by atoms with E-state index < -0.39 is 11.9 Å². The standard InChI is InChI=1S/C16H21NO5/c1-22-16(21)12-8-10-13(11-9-12)17-14(18)6-4-2-3-5-7-15(19)20/h8-11H,2-7H2,1H3,(H,17,18)(H,19,20). The van der Waals surface area contributed by atoms with Crippen LogP contribution in [0.3, 0.4) is 0 Å². The van der Waals surface area contributed by atoms with E-state index in [0.29, 0.717) is 24.1 Å². The summed E-state index contributed by atoms with van der Waals surface area (Å²) in [6.07, 6.45) is 3.59. The molecule has 0 aliphatic heterocycles. The quantitative estimate of drug-likeness (QED) is 0.540. The second-order valence-corrected chi connectivity index (χ2v) is 4.93. The molecule has 1 rings (SSSR count). The van der Waals surface area contributed by atoms with Crippen molar-refractivity contribution in [1.82, 2.24) is 0 Å².